The number of rotatable bonds is 3. The molecule has 18 heavy (non-hydrogen) atoms. The molecule has 1 saturated heterocycles. The van der Waals surface area contributed by atoms with Gasteiger partial charge in [0.25, 0.3) is 0 Å². The molecule has 0 aliphatic carbocycles. The number of hydrogen-bond donors (Lipinski definition) is 2. The molecule has 1 atom stereocenters. The zero-order chi connectivity index (χ0) is 13.3. The van der Waals surface area contributed by atoms with E-state index in [4.69, 9.17) is 17.3 Å². The van der Waals surface area contributed by atoms with Gasteiger partial charge in [-0.3, -0.25) is 0 Å². The molecule has 1 aromatic carbocycles. The summed E-state index contributed by atoms with van der Waals surface area (Å²) in [5.41, 5.74) is 5.10. The smallest absolute Gasteiger partial charge is 0.243 e. The molecule has 1 fully saturated rings. The summed E-state index contributed by atoms with van der Waals surface area (Å²) in [5, 5.41) is 0.0927. The fourth-order valence-electron chi connectivity index (χ4n) is 1.69. The summed E-state index contributed by atoms with van der Waals surface area (Å²) in [6.07, 6.45) is 0.738. The molecule has 3 N–H and O–H groups in total. The second-order valence-corrected chi connectivity index (χ2v) is 7.26. The van der Waals surface area contributed by atoms with E-state index >= 15 is 0 Å². The first-order valence-corrected chi connectivity index (χ1v) is 8.26. The van der Waals surface area contributed by atoms with Gasteiger partial charge >= 0.3 is 0 Å². The molecule has 8 heteroatoms. The predicted octanol–water partition coefficient (Wildman–Crippen LogP) is 1.85. The molecule has 0 radical (unpaired) electrons. The van der Waals surface area contributed by atoms with Gasteiger partial charge < -0.3 is 5.73 Å². The number of nitrogens with two attached hydrogens (primary N) is 1. The van der Waals surface area contributed by atoms with Crippen LogP contribution >= 0.6 is 23.4 Å². The highest BCUT2D eigenvalue weighted by Crippen LogP contribution is 2.26. The van der Waals surface area contributed by atoms with E-state index in [0.717, 1.165) is 18.2 Å². The Morgan fingerprint density at radius 2 is 2.22 bits per heavy atom. The van der Waals surface area contributed by atoms with E-state index in [1.165, 1.54) is 6.07 Å². The molecule has 0 spiro atoms. The number of nitrogens with one attached hydrogen (secondary N) is 1. The molecule has 100 valence electrons. The Hall–Kier alpha value is -0.500. The van der Waals surface area contributed by atoms with Crippen LogP contribution in [0.15, 0.2) is 17.0 Å². The quantitative estimate of drug-likeness (QED) is 0.836. The number of halogens is 2. The lowest BCUT2D eigenvalue weighted by atomic mass is 10.3. The fraction of sp³-hybridized carbons (Fsp3) is 0.400. The lowest BCUT2D eigenvalue weighted by molar-refractivity contribution is 0.546. The second-order valence-electron chi connectivity index (χ2n) is 3.99. The van der Waals surface area contributed by atoms with Crippen molar-refractivity contribution in [2.75, 3.05) is 17.2 Å². The summed E-state index contributed by atoms with van der Waals surface area (Å²) in [7, 11) is -3.92. The predicted molar refractivity (Wildman–Crippen MR) is 71.9 cm³/mol. The van der Waals surface area contributed by atoms with E-state index in [1.807, 2.05) is 0 Å². The molecule has 1 unspecified atom stereocenters. The summed E-state index contributed by atoms with van der Waals surface area (Å²) >= 11 is 7.36. The number of nitrogen functional groups attached to an aromatic ring is 1. The number of thioether (sulfide) groups is 1. The minimum absolute atomic E-state index is 0.0927. The molecule has 0 aromatic heterocycles. The topological polar surface area (TPSA) is 72.2 Å². The molecule has 0 amide bonds. The average Bonchev–Trinajstić information content (AvgIpc) is 2.75. The van der Waals surface area contributed by atoms with Crippen molar-refractivity contribution in [2.45, 2.75) is 17.4 Å². The summed E-state index contributed by atoms with van der Waals surface area (Å²) in [6.45, 7) is 0. The minimum atomic E-state index is -3.92. The molecular formula is C10H12ClFN2O2S2. The van der Waals surface area contributed by atoms with E-state index < -0.39 is 20.7 Å². The summed E-state index contributed by atoms with van der Waals surface area (Å²) < 4.78 is 40.3. The summed E-state index contributed by atoms with van der Waals surface area (Å²) in [4.78, 5) is -0.496. The molecule has 2 rings (SSSR count). The lowest BCUT2D eigenvalue weighted by Gasteiger charge is -2.13. The van der Waals surface area contributed by atoms with Gasteiger partial charge in [-0.05, 0) is 24.3 Å². The van der Waals surface area contributed by atoms with Gasteiger partial charge in [0.2, 0.25) is 10.0 Å². The maximum atomic E-state index is 13.7. The third kappa shape index (κ3) is 2.90. The monoisotopic (exact) mass is 310 g/mol. The maximum Gasteiger partial charge on any atom is 0.243 e. The molecule has 0 saturated carbocycles. The highest BCUT2D eigenvalue weighted by atomic mass is 35.5. The van der Waals surface area contributed by atoms with Gasteiger partial charge in [-0.1, -0.05) is 11.6 Å². The largest absolute Gasteiger partial charge is 0.396 e. The average molecular weight is 311 g/mol. The van der Waals surface area contributed by atoms with Gasteiger partial charge in [-0.15, -0.1) is 0 Å². The van der Waals surface area contributed by atoms with Gasteiger partial charge in [-0.25, -0.2) is 17.5 Å². The first-order valence-electron chi connectivity index (χ1n) is 5.25. The minimum Gasteiger partial charge on any atom is -0.396 e. The summed E-state index contributed by atoms with van der Waals surface area (Å²) in [5.74, 6) is 0.627. The van der Waals surface area contributed by atoms with Crippen LogP contribution in [-0.2, 0) is 10.0 Å². The van der Waals surface area contributed by atoms with Gasteiger partial charge in [0, 0.05) is 16.8 Å². The van der Waals surface area contributed by atoms with Gasteiger partial charge in [0.1, 0.15) is 4.90 Å². The Morgan fingerprint density at radius 1 is 1.50 bits per heavy atom. The van der Waals surface area contributed by atoms with Crippen LogP contribution in [0, 0.1) is 5.82 Å². The summed E-state index contributed by atoms with van der Waals surface area (Å²) in [6, 6.07) is 2.08. The highest BCUT2D eigenvalue weighted by molar-refractivity contribution is 7.99. The van der Waals surface area contributed by atoms with Crippen LogP contribution in [-0.4, -0.2) is 26.0 Å². The Morgan fingerprint density at radius 3 is 2.83 bits per heavy atom. The molecule has 1 aliphatic rings. The molecule has 1 aliphatic heterocycles. The van der Waals surface area contributed by atoms with Crippen LogP contribution in [0.5, 0.6) is 0 Å². The van der Waals surface area contributed by atoms with Crippen molar-refractivity contribution in [1.29, 1.82) is 0 Å². The first kappa shape index (κ1) is 13.9. The van der Waals surface area contributed by atoms with Crippen molar-refractivity contribution in [2.24, 2.45) is 0 Å². The third-order valence-electron chi connectivity index (χ3n) is 2.57. The Bertz CT molecular complexity index is 559. The van der Waals surface area contributed by atoms with Crippen molar-refractivity contribution < 1.29 is 12.8 Å². The Balaban J connectivity index is 2.34. The molecule has 1 heterocycles. The first-order chi connectivity index (χ1) is 8.40. The van der Waals surface area contributed by atoms with E-state index in [0.29, 0.717) is 5.75 Å². The van der Waals surface area contributed by atoms with Crippen LogP contribution in [0.3, 0.4) is 0 Å². The number of benzene rings is 1. The molecule has 0 bridgehead atoms. The number of hydrogen-bond acceptors (Lipinski definition) is 4. The number of anilines is 1. The van der Waals surface area contributed by atoms with E-state index in [-0.39, 0.29) is 16.8 Å². The van der Waals surface area contributed by atoms with E-state index in [2.05, 4.69) is 4.72 Å². The van der Waals surface area contributed by atoms with Crippen LogP contribution in [0.1, 0.15) is 6.42 Å². The van der Waals surface area contributed by atoms with Crippen molar-refractivity contribution in [3.8, 4) is 0 Å². The molecular weight excluding hydrogens is 299 g/mol. The SMILES string of the molecule is Nc1cc(Cl)cc(S(=O)(=O)NC2CCSC2)c1F. The highest BCUT2D eigenvalue weighted by Gasteiger charge is 2.26. The van der Waals surface area contributed by atoms with Gasteiger partial charge in [0.15, 0.2) is 5.82 Å². The molecule has 4 nitrogen and oxygen atoms in total. The zero-order valence-electron chi connectivity index (χ0n) is 9.32. The van der Waals surface area contributed by atoms with Crippen molar-refractivity contribution in [3.05, 3.63) is 23.0 Å². The fourth-order valence-corrected chi connectivity index (χ4v) is 4.64. The van der Waals surface area contributed by atoms with Crippen molar-refractivity contribution in [1.82, 2.24) is 4.72 Å². The standard InChI is InChI=1S/C10H12ClFN2O2S2/c11-6-3-8(13)10(12)9(4-6)18(15,16)14-7-1-2-17-5-7/h3-4,7,14H,1-2,5,13H2. The van der Waals surface area contributed by atoms with Gasteiger partial charge in [-0.2, -0.15) is 11.8 Å². The van der Waals surface area contributed by atoms with Gasteiger partial charge in [0.05, 0.1) is 5.69 Å². The molecule has 1 aromatic rings. The van der Waals surface area contributed by atoms with Crippen LogP contribution in [0.25, 0.3) is 0 Å². The van der Waals surface area contributed by atoms with E-state index in [9.17, 15) is 12.8 Å². The Labute approximate surface area is 114 Å². The normalized spacial score (nSPS) is 20.2. The Kier molecular flexibility index (Phi) is 4.05. The number of sulfonamides is 1. The lowest BCUT2D eigenvalue weighted by Crippen LogP contribution is -2.35. The maximum absolute atomic E-state index is 13.7. The van der Waals surface area contributed by atoms with Crippen LogP contribution in [0.2, 0.25) is 5.02 Å². The second kappa shape index (κ2) is 5.24. The van der Waals surface area contributed by atoms with Crippen LogP contribution < -0.4 is 10.5 Å². The third-order valence-corrected chi connectivity index (χ3v) is 5.47. The van der Waals surface area contributed by atoms with Crippen molar-refractivity contribution >= 4 is 39.1 Å². The van der Waals surface area contributed by atoms with Crippen molar-refractivity contribution in [3.63, 3.8) is 0 Å². The zero-order valence-corrected chi connectivity index (χ0v) is 11.7. The van der Waals surface area contributed by atoms with E-state index in [1.54, 1.807) is 11.8 Å². The van der Waals surface area contributed by atoms with Crippen LogP contribution in [0.4, 0.5) is 10.1 Å².